The lowest BCUT2D eigenvalue weighted by Gasteiger charge is -2.20. The summed E-state index contributed by atoms with van der Waals surface area (Å²) in [7, 11) is 0. The van der Waals surface area contributed by atoms with Crippen LogP contribution in [0.3, 0.4) is 0 Å². The van der Waals surface area contributed by atoms with Gasteiger partial charge in [0.1, 0.15) is 0 Å². The van der Waals surface area contributed by atoms with E-state index in [1.165, 1.54) is 18.2 Å². The van der Waals surface area contributed by atoms with Crippen molar-refractivity contribution in [1.82, 2.24) is 0 Å². The molecule has 0 atom stereocenters. The fraction of sp³-hybridized carbons (Fsp3) is 0.333. The lowest BCUT2D eigenvalue weighted by molar-refractivity contribution is -0.120. The number of hydrogen-bond donors (Lipinski definition) is 1. The normalized spacial score (nSPS) is 14.8. The van der Waals surface area contributed by atoms with Crippen molar-refractivity contribution in [3.63, 3.8) is 0 Å². The average Bonchev–Trinajstić information content (AvgIpc) is 2.67. The molecule has 26 heavy (non-hydrogen) atoms. The number of Topliss-reactive ketones (excluding diaryl/α,β-unsaturated/α-hetero) is 1. The van der Waals surface area contributed by atoms with Crippen molar-refractivity contribution < 1.29 is 9.59 Å². The molecule has 1 fully saturated rings. The van der Waals surface area contributed by atoms with Crippen molar-refractivity contribution in [2.75, 3.05) is 11.1 Å². The van der Waals surface area contributed by atoms with Gasteiger partial charge in [-0.25, -0.2) is 0 Å². The van der Waals surface area contributed by atoms with E-state index in [2.05, 4.69) is 5.32 Å². The van der Waals surface area contributed by atoms with E-state index in [1.54, 1.807) is 12.1 Å². The monoisotopic (exact) mass is 387 g/mol. The Morgan fingerprint density at radius 3 is 2.58 bits per heavy atom. The molecule has 1 aliphatic rings. The van der Waals surface area contributed by atoms with Crippen LogP contribution >= 0.6 is 23.4 Å². The summed E-state index contributed by atoms with van der Waals surface area (Å²) in [6.07, 6.45) is 5.46. The summed E-state index contributed by atoms with van der Waals surface area (Å²) in [5, 5.41) is 3.50. The summed E-state index contributed by atoms with van der Waals surface area (Å²) in [6, 6.07) is 14.7. The van der Waals surface area contributed by atoms with Gasteiger partial charge in [-0.2, -0.15) is 0 Å². The lowest BCUT2D eigenvalue weighted by atomic mass is 9.88. The topological polar surface area (TPSA) is 46.2 Å². The van der Waals surface area contributed by atoms with Gasteiger partial charge in [-0.3, -0.25) is 9.59 Å². The number of benzene rings is 2. The van der Waals surface area contributed by atoms with E-state index in [9.17, 15) is 9.59 Å². The highest BCUT2D eigenvalue weighted by Crippen LogP contribution is 2.27. The van der Waals surface area contributed by atoms with Crippen LogP contribution in [0.25, 0.3) is 0 Å². The number of thioether (sulfide) groups is 1. The molecule has 0 saturated heterocycles. The molecule has 0 aliphatic heterocycles. The standard InChI is InChI=1S/C21H22ClNO2S/c22-19-12-5-4-11-18(19)20(24)14-26-17-10-6-9-16(13-17)23-21(25)15-7-2-1-3-8-15/h4-6,9-13,15H,1-3,7-8,14H2,(H,23,25). The summed E-state index contributed by atoms with van der Waals surface area (Å²) in [6.45, 7) is 0. The Kier molecular flexibility index (Phi) is 6.75. The van der Waals surface area contributed by atoms with Crippen LogP contribution in [0.15, 0.2) is 53.4 Å². The number of carbonyl (C=O) groups excluding carboxylic acids is 2. The third-order valence-corrected chi connectivity index (χ3v) is 5.95. The zero-order valence-electron chi connectivity index (χ0n) is 14.5. The minimum absolute atomic E-state index is 0.00255. The van der Waals surface area contributed by atoms with Crippen LogP contribution in [0.2, 0.25) is 5.02 Å². The smallest absolute Gasteiger partial charge is 0.227 e. The van der Waals surface area contributed by atoms with Gasteiger partial charge in [-0.15, -0.1) is 11.8 Å². The zero-order chi connectivity index (χ0) is 18.4. The molecule has 0 heterocycles. The van der Waals surface area contributed by atoms with Gasteiger partial charge in [0.2, 0.25) is 5.91 Å². The molecule has 1 N–H and O–H groups in total. The van der Waals surface area contributed by atoms with Crippen LogP contribution < -0.4 is 5.32 Å². The molecular formula is C21H22ClNO2S. The summed E-state index contributed by atoms with van der Waals surface area (Å²) < 4.78 is 0. The van der Waals surface area contributed by atoms with Crippen molar-refractivity contribution in [3.05, 3.63) is 59.1 Å². The number of anilines is 1. The molecule has 0 radical (unpaired) electrons. The third kappa shape index (κ3) is 5.12. The van der Waals surface area contributed by atoms with E-state index in [-0.39, 0.29) is 17.6 Å². The Labute approximate surface area is 163 Å². The van der Waals surface area contributed by atoms with Crippen molar-refractivity contribution in [3.8, 4) is 0 Å². The number of ketones is 1. The number of rotatable bonds is 6. The molecule has 1 aliphatic carbocycles. The van der Waals surface area contributed by atoms with E-state index in [0.717, 1.165) is 36.3 Å². The Bertz CT molecular complexity index is 787. The predicted octanol–water partition coefficient (Wildman–Crippen LogP) is 5.83. The van der Waals surface area contributed by atoms with Gasteiger partial charge in [0.05, 0.1) is 10.8 Å². The van der Waals surface area contributed by atoms with Gasteiger partial charge in [-0.1, -0.05) is 49.1 Å². The molecule has 3 rings (SSSR count). The number of amides is 1. The lowest BCUT2D eigenvalue weighted by Crippen LogP contribution is -2.24. The van der Waals surface area contributed by atoms with Crippen LogP contribution in [-0.4, -0.2) is 17.4 Å². The van der Waals surface area contributed by atoms with Crippen molar-refractivity contribution >= 4 is 40.7 Å². The van der Waals surface area contributed by atoms with Crippen LogP contribution in [0.1, 0.15) is 42.5 Å². The highest BCUT2D eigenvalue weighted by atomic mass is 35.5. The summed E-state index contributed by atoms with van der Waals surface area (Å²) >= 11 is 7.53. The van der Waals surface area contributed by atoms with Gasteiger partial charge in [0.15, 0.2) is 5.78 Å². The van der Waals surface area contributed by atoms with E-state index in [0.29, 0.717) is 16.3 Å². The van der Waals surface area contributed by atoms with Gasteiger partial charge in [0.25, 0.3) is 0 Å². The van der Waals surface area contributed by atoms with E-state index < -0.39 is 0 Å². The van der Waals surface area contributed by atoms with Gasteiger partial charge in [-0.05, 0) is 43.2 Å². The van der Waals surface area contributed by atoms with E-state index >= 15 is 0 Å². The maximum atomic E-state index is 12.4. The first-order valence-electron chi connectivity index (χ1n) is 8.95. The molecule has 0 bridgehead atoms. The van der Waals surface area contributed by atoms with Crippen LogP contribution in [0, 0.1) is 5.92 Å². The first kappa shape index (κ1) is 19.0. The second-order valence-corrected chi connectivity index (χ2v) is 8.00. The van der Waals surface area contributed by atoms with Gasteiger partial charge >= 0.3 is 0 Å². The molecule has 2 aromatic carbocycles. The number of halogens is 1. The molecule has 136 valence electrons. The Morgan fingerprint density at radius 1 is 1.04 bits per heavy atom. The summed E-state index contributed by atoms with van der Waals surface area (Å²) in [4.78, 5) is 25.7. The second kappa shape index (κ2) is 9.24. The molecule has 1 saturated carbocycles. The van der Waals surface area contributed by atoms with Gasteiger partial charge in [0, 0.05) is 22.1 Å². The minimum atomic E-state index is -0.00255. The fourth-order valence-electron chi connectivity index (χ4n) is 3.19. The maximum absolute atomic E-state index is 12.4. The molecule has 3 nitrogen and oxygen atoms in total. The number of carbonyl (C=O) groups is 2. The molecule has 5 heteroatoms. The number of hydrogen-bond acceptors (Lipinski definition) is 3. The Balaban J connectivity index is 1.58. The highest BCUT2D eigenvalue weighted by Gasteiger charge is 2.21. The van der Waals surface area contributed by atoms with Crippen LogP contribution in [0.5, 0.6) is 0 Å². The number of nitrogens with one attached hydrogen (secondary N) is 1. The predicted molar refractivity (Wildman–Crippen MR) is 108 cm³/mol. The van der Waals surface area contributed by atoms with Gasteiger partial charge < -0.3 is 5.32 Å². The summed E-state index contributed by atoms with van der Waals surface area (Å²) in [5.74, 6) is 0.544. The van der Waals surface area contributed by atoms with E-state index in [4.69, 9.17) is 11.6 Å². The molecular weight excluding hydrogens is 366 g/mol. The Hall–Kier alpha value is -1.78. The zero-order valence-corrected chi connectivity index (χ0v) is 16.1. The summed E-state index contributed by atoms with van der Waals surface area (Å²) in [5.41, 5.74) is 1.33. The SMILES string of the molecule is O=C(CSc1cccc(NC(=O)C2CCCCC2)c1)c1ccccc1Cl. The van der Waals surface area contributed by atoms with Crippen molar-refractivity contribution in [1.29, 1.82) is 0 Å². The first-order chi connectivity index (χ1) is 12.6. The third-order valence-electron chi connectivity index (χ3n) is 4.62. The van der Waals surface area contributed by atoms with E-state index in [1.807, 2.05) is 36.4 Å². The first-order valence-corrected chi connectivity index (χ1v) is 10.3. The van der Waals surface area contributed by atoms with Crippen molar-refractivity contribution in [2.45, 2.75) is 37.0 Å². The fourth-order valence-corrected chi connectivity index (χ4v) is 4.27. The molecule has 1 amide bonds. The quantitative estimate of drug-likeness (QED) is 0.500. The highest BCUT2D eigenvalue weighted by molar-refractivity contribution is 8.00. The molecule has 0 aromatic heterocycles. The van der Waals surface area contributed by atoms with Crippen LogP contribution in [0.4, 0.5) is 5.69 Å². The molecule has 2 aromatic rings. The Morgan fingerprint density at radius 2 is 1.81 bits per heavy atom. The maximum Gasteiger partial charge on any atom is 0.227 e. The largest absolute Gasteiger partial charge is 0.326 e. The van der Waals surface area contributed by atoms with Crippen LogP contribution in [-0.2, 0) is 4.79 Å². The van der Waals surface area contributed by atoms with Crippen molar-refractivity contribution in [2.24, 2.45) is 5.92 Å². The minimum Gasteiger partial charge on any atom is -0.326 e. The molecule has 0 spiro atoms. The molecule has 0 unspecified atom stereocenters. The average molecular weight is 388 g/mol. The second-order valence-electron chi connectivity index (χ2n) is 6.54.